The molecule has 0 aromatic rings. The Morgan fingerprint density at radius 1 is 1.57 bits per heavy atom. The smallest absolute Gasteiger partial charge is 0.0515 e. The lowest BCUT2D eigenvalue weighted by Gasteiger charge is -2.56. The highest BCUT2D eigenvalue weighted by atomic mass is 16.3. The van der Waals surface area contributed by atoms with Crippen LogP contribution in [0.1, 0.15) is 46.5 Å². The SMILES string of the molecule is CC(O)CCC1=CCC2CC1C2(C)C. The van der Waals surface area contributed by atoms with Gasteiger partial charge in [-0.3, -0.25) is 0 Å². The van der Waals surface area contributed by atoms with Crippen molar-refractivity contribution < 1.29 is 5.11 Å². The lowest BCUT2D eigenvalue weighted by Crippen LogP contribution is -2.48. The van der Waals surface area contributed by atoms with Crippen molar-refractivity contribution in [3.8, 4) is 0 Å². The van der Waals surface area contributed by atoms with Gasteiger partial charge in [0.1, 0.15) is 0 Å². The van der Waals surface area contributed by atoms with Gasteiger partial charge in [0.15, 0.2) is 0 Å². The summed E-state index contributed by atoms with van der Waals surface area (Å²) in [5, 5.41) is 9.28. The zero-order valence-electron chi connectivity index (χ0n) is 9.59. The molecule has 0 radical (unpaired) electrons. The fraction of sp³-hybridized carbons (Fsp3) is 0.846. The molecule has 3 atom stereocenters. The fourth-order valence-electron chi connectivity index (χ4n) is 3.13. The lowest BCUT2D eigenvalue weighted by molar-refractivity contribution is -0.00924. The first-order chi connectivity index (χ1) is 6.51. The summed E-state index contributed by atoms with van der Waals surface area (Å²) in [4.78, 5) is 0. The Morgan fingerprint density at radius 3 is 2.79 bits per heavy atom. The van der Waals surface area contributed by atoms with Gasteiger partial charge in [-0.2, -0.15) is 0 Å². The molecule has 0 heterocycles. The van der Waals surface area contributed by atoms with E-state index in [1.807, 2.05) is 6.92 Å². The highest BCUT2D eigenvalue weighted by molar-refractivity contribution is 5.23. The average Bonchev–Trinajstić information content (AvgIpc) is 2.14. The molecule has 3 unspecified atom stereocenters. The van der Waals surface area contributed by atoms with Crippen LogP contribution in [0.15, 0.2) is 11.6 Å². The van der Waals surface area contributed by atoms with Crippen molar-refractivity contribution >= 4 is 0 Å². The monoisotopic (exact) mass is 194 g/mol. The topological polar surface area (TPSA) is 20.2 Å². The second-order valence-electron chi connectivity index (χ2n) is 5.71. The van der Waals surface area contributed by atoms with E-state index in [1.165, 1.54) is 12.8 Å². The van der Waals surface area contributed by atoms with Crippen LogP contribution < -0.4 is 0 Å². The van der Waals surface area contributed by atoms with E-state index in [0.717, 1.165) is 24.7 Å². The number of aliphatic hydroxyl groups excluding tert-OH is 1. The third-order valence-corrected chi connectivity index (χ3v) is 4.43. The van der Waals surface area contributed by atoms with Crippen LogP contribution in [0.25, 0.3) is 0 Å². The summed E-state index contributed by atoms with van der Waals surface area (Å²) in [6, 6.07) is 0. The first-order valence-corrected chi connectivity index (χ1v) is 5.89. The third-order valence-electron chi connectivity index (χ3n) is 4.43. The molecule has 0 aromatic heterocycles. The molecular weight excluding hydrogens is 172 g/mol. The zero-order valence-corrected chi connectivity index (χ0v) is 9.59. The molecule has 3 aliphatic rings. The molecule has 1 heteroatoms. The van der Waals surface area contributed by atoms with E-state index in [4.69, 9.17) is 0 Å². The summed E-state index contributed by atoms with van der Waals surface area (Å²) < 4.78 is 0. The molecule has 3 aliphatic carbocycles. The maximum Gasteiger partial charge on any atom is 0.0515 e. The number of hydrogen-bond donors (Lipinski definition) is 1. The maximum absolute atomic E-state index is 9.28. The quantitative estimate of drug-likeness (QED) is 0.684. The van der Waals surface area contributed by atoms with Gasteiger partial charge in [0.05, 0.1) is 6.10 Å². The van der Waals surface area contributed by atoms with Crippen molar-refractivity contribution in [1.82, 2.24) is 0 Å². The lowest BCUT2D eigenvalue weighted by atomic mass is 9.48. The Balaban J connectivity index is 1.97. The molecule has 1 fully saturated rings. The summed E-state index contributed by atoms with van der Waals surface area (Å²) >= 11 is 0. The van der Waals surface area contributed by atoms with Crippen molar-refractivity contribution in [2.75, 3.05) is 0 Å². The molecule has 0 amide bonds. The van der Waals surface area contributed by atoms with Gasteiger partial charge in [0.25, 0.3) is 0 Å². The van der Waals surface area contributed by atoms with E-state index in [9.17, 15) is 5.11 Å². The minimum absolute atomic E-state index is 0.142. The van der Waals surface area contributed by atoms with Crippen LogP contribution in [0.3, 0.4) is 0 Å². The average molecular weight is 194 g/mol. The van der Waals surface area contributed by atoms with Gasteiger partial charge in [-0.15, -0.1) is 0 Å². The Bertz CT molecular complexity index is 250. The van der Waals surface area contributed by atoms with Crippen LogP contribution in [0, 0.1) is 17.3 Å². The number of hydrogen-bond acceptors (Lipinski definition) is 1. The van der Waals surface area contributed by atoms with Crippen molar-refractivity contribution in [3.63, 3.8) is 0 Å². The van der Waals surface area contributed by atoms with Gasteiger partial charge in [-0.1, -0.05) is 25.5 Å². The highest BCUT2D eigenvalue weighted by Crippen LogP contribution is 2.59. The standard InChI is InChI=1S/C13H22O/c1-9(14)4-5-10-6-7-11-8-12(10)13(11,2)3/h6,9,11-12,14H,4-5,7-8H2,1-3H3. The zero-order chi connectivity index (χ0) is 10.3. The molecular formula is C13H22O. The normalized spacial score (nSPS) is 35.9. The number of allylic oxidation sites excluding steroid dienone is 2. The van der Waals surface area contributed by atoms with Crippen LogP contribution in [-0.2, 0) is 0 Å². The molecule has 0 spiro atoms. The van der Waals surface area contributed by atoms with Crippen LogP contribution in [0.2, 0.25) is 0 Å². The van der Waals surface area contributed by atoms with Crippen LogP contribution in [0.4, 0.5) is 0 Å². The largest absolute Gasteiger partial charge is 0.393 e. The van der Waals surface area contributed by atoms with E-state index < -0.39 is 0 Å². The Labute approximate surface area is 87.2 Å². The Morgan fingerprint density at radius 2 is 2.29 bits per heavy atom. The van der Waals surface area contributed by atoms with Crippen molar-refractivity contribution in [1.29, 1.82) is 0 Å². The van der Waals surface area contributed by atoms with Gasteiger partial charge in [-0.05, 0) is 49.9 Å². The van der Waals surface area contributed by atoms with Gasteiger partial charge in [0.2, 0.25) is 0 Å². The van der Waals surface area contributed by atoms with Crippen LogP contribution in [0.5, 0.6) is 0 Å². The number of fused-ring (bicyclic) bond motifs is 1. The Hall–Kier alpha value is -0.300. The summed E-state index contributed by atoms with van der Waals surface area (Å²) in [7, 11) is 0. The molecule has 80 valence electrons. The van der Waals surface area contributed by atoms with Crippen molar-refractivity contribution in [2.45, 2.75) is 52.6 Å². The molecule has 14 heavy (non-hydrogen) atoms. The van der Waals surface area contributed by atoms with Gasteiger partial charge in [-0.25, -0.2) is 0 Å². The summed E-state index contributed by atoms with van der Waals surface area (Å²) in [6.45, 7) is 6.69. The van der Waals surface area contributed by atoms with Crippen molar-refractivity contribution in [2.24, 2.45) is 17.3 Å². The van der Waals surface area contributed by atoms with Gasteiger partial charge < -0.3 is 5.11 Å². The minimum atomic E-state index is -0.142. The highest BCUT2D eigenvalue weighted by Gasteiger charge is 2.50. The predicted octanol–water partition coefficient (Wildman–Crippen LogP) is 3.14. The van der Waals surface area contributed by atoms with E-state index in [-0.39, 0.29) is 6.10 Å². The van der Waals surface area contributed by atoms with Gasteiger partial charge in [0, 0.05) is 0 Å². The number of rotatable bonds is 3. The van der Waals surface area contributed by atoms with Crippen LogP contribution >= 0.6 is 0 Å². The van der Waals surface area contributed by atoms with Gasteiger partial charge >= 0.3 is 0 Å². The summed E-state index contributed by atoms with van der Waals surface area (Å²) in [5.74, 6) is 1.75. The fourth-order valence-corrected chi connectivity index (χ4v) is 3.13. The van der Waals surface area contributed by atoms with E-state index >= 15 is 0 Å². The molecule has 3 rings (SSSR count). The first kappa shape index (κ1) is 10.2. The van der Waals surface area contributed by atoms with E-state index in [1.54, 1.807) is 5.57 Å². The minimum Gasteiger partial charge on any atom is -0.393 e. The molecule has 1 nitrogen and oxygen atoms in total. The van der Waals surface area contributed by atoms with Crippen molar-refractivity contribution in [3.05, 3.63) is 11.6 Å². The van der Waals surface area contributed by atoms with E-state index in [0.29, 0.717) is 5.41 Å². The molecule has 2 bridgehead atoms. The molecule has 0 aromatic carbocycles. The maximum atomic E-state index is 9.28. The third kappa shape index (κ3) is 1.52. The Kier molecular flexibility index (Phi) is 2.46. The molecule has 1 saturated carbocycles. The predicted molar refractivity (Wildman–Crippen MR) is 59.0 cm³/mol. The summed E-state index contributed by atoms with van der Waals surface area (Å²) in [5.41, 5.74) is 2.17. The second kappa shape index (κ2) is 3.37. The molecule has 0 aliphatic heterocycles. The van der Waals surface area contributed by atoms with Crippen LogP contribution in [-0.4, -0.2) is 11.2 Å². The summed E-state index contributed by atoms with van der Waals surface area (Å²) in [6.07, 6.45) is 7.02. The second-order valence-corrected chi connectivity index (χ2v) is 5.71. The number of aliphatic hydroxyl groups is 1. The van der Waals surface area contributed by atoms with E-state index in [2.05, 4.69) is 19.9 Å². The molecule has 1 N–H and O–H groups in total. The first-order valence-electron chi connectivity index (χ1n) is 5.89. The molecule has 0 saturated heterocycles.